The first-order valence-electron chi connectivity index (χ1n) is 9.95. The van der Waals surface area contributed by atoms with E-state index in [0.29, 0.717) is 23.6 Å². The van der Waals surface area contributed by atoms with Crippen LogP contribution in [0.2, 0.25) is 0 Å². The summed E-state index contributed by atoms with van der Waals surface area (Å²) in [4.78, 5) is 14.8. The molecule has 2 aromatic rings. The van der Waals surface area contributed by atoms with Gasteiger partial charge in [-0.25, -0.2) is 8.42 Å². The molecule has 0 aromatic heterocycles. The average molecular weight is 417 g/mol. The van der Waals surface area contributed by atoms with Gasteiger partial charge >= 0.3 is 0 Å². The quantitative estimate of drug-likeness (QED) is 0.734. The first kappa shape index (κ1) is 21.2. The summed E-state index contributed by atoms with van der Waals surface area (Å²) in [5.74, 6) is 0.543. The Morgan fingerprint density at radius 1 is 1.14 bits per heavy atom. The molecule has 29 heavy (non-hydrogen) atoms. The molecule has 6 nitrogen and oxygen atoms in total. The summed E-state index contributed by atoms with van der Waals surface area (Å²) in [7, 11) is -2.01. The zero-order valence-corrected chi connectivity index (χ0v) is 18.0. The Morgan fingerprint density at radius 3 is 2.41 bits per heavy atom. The van der Waals surface area contributed by atoms with Gasteiger partial charge in [0, 0.05) is 24.3 Å². The molecule has 0 bridgehead atoms. The van der Waals surface area contributed by atoms with Gasteiger partial charge in [0.25, 0.3) is 15.9 Å². The van der Waals surface area contributed by atoms with E-state index in [0.717, 1.165) is 31.2 Å². The maximum absolute atomic E-state index is 13.0. The van der Waals surface area contributed by atoms with Crippen molar-refractivity contribution in [3.63, 3.8) is 0 Å². The minimum Gasteiger partial charge on any atom is -0.494 e. The highest BCUT2D eigenvalue weighted by Gasteiger charge is 2.26. The fourth-order valence-electron chi connectivity index (χ4n) is 3.65. The lowest BCUT2D eigenvalue weighted by Gasteiger charge is -2.25. The number of amides is 1. The van der Waals surface area contributed by atoms with E-state index in [1.807, 2.05) is 13.8 Å². The molecule has 156 valence electrons. The Labute approximate surface area is 172 Å². The van der Waals surface area contributed by atoms with Gasteiger partial charge in [0.15, 0.2) is 0 Å². The summed E-state index contributed by atoms with van der Waals surface area (Å²) in [6.45, 7) is 4.25. The highest BCUT2D eigenvalue weighted by atomic mass is 32.2. The number of nitrogens with one attached hydrogen (secondary N) is 1. The van der Waals surface area contributed by atoms with Crippen molar-refractivity contribution in [2.24, 2.45) is 0 Å². The molecule has 7 heteroatoms. The minimum atomic E-state index is -3.82. The van der Waals surface area contributed by atoms with Gasteiger partial charge in [0.1, 0.15) is 5.75 Å². The average Bonchev–Trinajstić information content (AvgIpc) is 3.23. The number of sulfonamides is 1. The lowest BCUT2D eigenvalue weighted by Crippen LogP contribution is -2.35. The molecule has 0 aliphatic heterocycles. The number of carbonyl (C=O) groups excluding carboxylic acids is 1. The number of aryl methyl sites for hydroxylation is 1. The predicted molar refractivity (Wildman–Crippen MR) is 114 cm³/mol. The lowest BCUT2D eigenvalue weighted by atomic mass is 10.1. The second kappa shape index (κ2) is 8.86. The SMILES string of the molecule is CCOc1ccc(NS(=O)(=O)c2ccc(C)c(C(=O)N(C)C3CCCC3)c2)cc1. The van der Waals surface area contributed by atoms with Crippen molar-refractivity contribution in [3.05, 3.63) is 53.6 Å². The first-order chi connectivity index (χ1) is 13.8. The molecule has 2 aromatic carbocycles. The maximum atomic E-state index is 13.0. The van der Waals surface area contributed by atoms with Crippen molar-refractivity contribution in [2.45, 2.75) is 50.5 Å². The van der Waals surface area contributed by atoms with Crippen LogP contribution in [-0.4, -0.2) is 38.9 Å². The van der Waals surface area contributed by atoms with Crippen molar-refractivity contribution in [1.82, 2.24) is 4.90 Å². The van der Waals surface area contributed by atoms with Crippen LogP contribution in [0.5, 0.6) is 5.75 Å². The predicted octanol–water partition coefficient (Wildman–Crippen LogP) is 4.21. The van der Waals surface area contributed by atoms with E-state index in [4.69, 9.17) is 4.74 Å². The van der Waals surface area contributed by atoms with E-state index >= 15 is 0 Å². The topological polar surface area (TPSA) is 75.7 Å². The van der Waals surface area contributed by atoms with Crippen LogP contribution < -0.4 is 9.46 Å². The Bertz CT molecular complexity index is 965. The number of anilines is 1. The van der Waals surface area contributed by atoms with Gasteiger partial charge < -0.3 is 9.64 Å². The molecule has 1 fully saturated rings. The summed E-state index contributed by atoms with van der Waals surface area (Å²) in [5, 5.41) is 0. The highest BCUT2D eigenvalue weighted by molar-refractivity contribution is 7.92. The van der Waals surface area contributed by atoms with Gasteiger partial charge in [-0.15, -0.1) is 0 Å². The third kappa shape index (κ3) is 4.90. The van der Waals surface area contributed by atoms with E-state index in [2.05, 4.69) is 4.72 Å². The number of rotatable bonds is 7. The normalized spacial score (nSPS) is 14.6. The summed E-state index contributed by atoms with van der Waals surface area (Å²) in [5.41, 5.74) is 1.62. The van der Waals surface area contributed by atoms with Crippen molar-refractivity contribution in [1.29, 1.82) is 0 Å². The van der Waals surface area contributed by atoms with E-state index in [-0.39, 0.29) is 16.8 Å². The van der Waals surface area contributed by atoms with Crippen LogP contribution >= 0.6 is 0 Å². The van der Waals surface area contributed by atoms with E-state index in [1.54, 1.807) is 42.3 Å². The van der Waals surface area contributed by atoms with E-state index in [9.17, 15) is 13.2 Å². The molecule has 1 aliphatic carbocycles. The second-order valence-electron chi connectivity index (χ2n) is 7.39. The fraction of sp³-hybridized carbons (Fsp3) is 0.409. The molecular weight excluding hydrogens is 388 g/mol. The molecule has 0 unspecified atom stereocenters. The van der Waals surface area contributed by atoms with Crippen molar-refractivity contribution in [3.8, 4) is 5.75 Å². The van der Waals surface area contributed by atoms with Crippen LogP contribution in [0.1, 0.15) is 48.5 Å². The third-order valence-corrected chi connectivity index (χ3v) is 6.74. The van der Waals surface area contributed by atoms with Gasteiger partial charge in [0.05, 0.1) is 11.5 Å². The molecule has 1 N–H and O–H groups in total. The number of ether oxygens (including phenoxy) is 1. The summed E-state index contributed by atoms with van der Waals surface area (Å²) in [6, 6.07) is 11.6. The monoisotopic (exact) mass is 416 g/mol. The number of hydrogen-bond donors (Lipinski definition) is 1. The van der Waals surface area contributed by atoms with Gasteiger partial charge in [-0.2, -0.15) is 0 Å². The van der Waals surface area contributed by atoms with E-state index in [1.165, 1.54) is 12.1 Å². The minimum absolute atomic E-state index is 0.0696. The van der Waals surface area contributed by atoms with Gasteiger partial charge in [0.2, 0.25) is 0 Å². The largest absolute Gasteiger partial charge is 0.494 e. The zero-order valence-electron chi connectivity index (χ0n) is 17.1. The Morgan fingerprint density at radius 2 is 1.79 bits per heavy atom. The second-order valence-corrected chi connectivity index (χ2v) is 9.08. The molecule has 1 amide bonds. The maximum Gasteiger partial charge on any atom is 0.261 e. The number of nitrogens with zero attached hydrogens (tertiary/aromatic N) is 1. The third-order valence-electron chi connectivity index (χ3n) is 5.36. The molecule has 0 saturated heterocycles. The lowest BCUT2D eigenvalue weighted by molar-refractivity contribution is 0.0734. The first-order valence-corrected chi connectivity index (χ1v) is 11.4. The van der Waals surface area contributed by atoms with E-state index < -0.39 is 10.0 Å². The van der Waals surface area contributed by atoms with Crippen molar-refractivity contribution in [2.75, 3.05) is 18.4 Å². The highest BCUT2D eigenvalue weighted by Crippen LogP contribution is 2.26. The van der Waals surface area contributed by atoms with Crippen LogP contribution in [0.3, 0.4) is 0 Å². The standard InChI is InChI=1S/C22H28N2O4S/c1-4-28-19-12-10-17(11-13-19)23-29(26,27)20-14-9-16(2)21(15-20)22(25)24(3)18-7-5-6-8-18/h9-15,18,23H,4-8H2,1-3H3. The van der Waals surface area contributed by atoms with Crippen molar-refractivity contribution >= 4 is 21.6 Å². The molecule has 0 heterocycles. The van der Waals surface area contributed by atoms with Gasteiger partial charge in [-0.1, -0.05) is 18.9 Å². The number of hydrogen-bond acceptors (Lipinski definition) is 4. The van der Waals surface area contributed by atoms with Crippen LogP contribution in [0.25, 0.3) is 0 Å². The van der Waals surface area contributed by atoms with Crippen LogP contribution in [-0.2, 0) is 10.0 Å². The smallest absolute Gasteiger partial charge is 0.261 e. The molecule has 1 saturated carbocycles. The summed E-state index contributed by atoms with van der Waals surface area (Å²) < 4.78 is 33.7. The van der Waals surface area contributed by atoms with Gasteiger partial charge in [-0.3, -0.25) is 9.52 Å². The molecule has 1 aliphatic rings. The van der Waals surface area contributed by atoms with Crippen LogP contribution in [0, 0.1) is 6.92 Å². The molecule has 3 rings (SSSR count). The van der Waals surface area contributed by atoms with Crippen molar-refractivity contribution < 1.29 is 17.9 Å². The number of carbonyl (C=O) groups is 1. The Balaban J connectivity index is 1.82. The van der Waals surface area contributed by atoms with Crippen LogP contribution in [0.4, 0.5) is 5.69 Å². The molecular formula is C22H28N2O4S. The Hall–Kier alpha value is -2.54. The summed E-state index contributed by atoms with van der Waals surface area (Å²) in [6.07, 6.45) is 4.25. The van der Waals surface area contributed by atoms with Gasteiger partial charge in [-0.05, 0) is 68.7 Å². The molecule has 0 atom stereocenters. The Kier molecular flexibility index (Phi) is 6.47. The number of benzene rings is 2. The molecule has 0 radical (unpaired) electrons. The van der Waals surface area contributed by atoms with Crippen LogP contribution in [0.15, 0.2) is 47.4 Å². The zero-order chi connectivity index (χ0) is 21.0. The fourth-order valence-corrected chi connectivity index (χ4v) is 4.73. The summed E-state index contributed by atoms with van der Waals surface area (Å²) >= 11 is 0. The molecule has 0 spiro atoms.